The van der Waals surface area contributed by atoms with Crippen LogP contribution in [0.15, 0.2) is 60.0 Å². The topological polar surface area (TPSA) is 191 Å². The fourth-order valence-electron chi connectivity index (χ4n) is 8.59. The second kappa shape index (κ2) is 17.2. The van der Waals surface area contributed by atoms with Crippen LogP contribution in [0.5, 0.6) is 6.01 Å². The number of ether oxygens (including phenoxy) is 2. The number of amides is 4. The number of para-hydroxylation sites is 1. The number of alkyl carbamates (subject to hydrolysis) is 1. The van der Waals surface area contributed by atoms with E-state index in [-0.39, 0.29) is 43.7 Å². The molecule has 15 nitrogen and oxygen atoms in total. The van der Waals surface area contributed by atoms with Crippen LogP contribution in [0.2, 0.25) is 0 Å². The van der Waals surface area contributed by atoms with Crippen LogP contribution >= 0.6 is 11.3 Å². The number of nitrogens with zero attached hydrogens (tertiary/aromatic N) is 4. The third-order valence-corrected chi connectivity index (χ3v) is 15.6. The molecular weight excluding hydrogens is 862 g/mol. The van der Waals surface area contributed by atoms with Gasteiger partial charge < -0.3 is 25.0 Å². The predicted molar refractivity (Wildman–Crippen MR) is 240 cm³/mol. The lowest BCUT2D eigenvalue weighted by molar-refractivity contribution is -0.141. The Bertz CT molecular complexity index is 2620. The Labute approximate surface area is 376 Å². The highest BCUT2D eigenvalue weighted by atomic mass is 32.2. The second-order valence-corrected chi connectivity index (χ2v) is 22.0. The van der Waals surface area contributed by atoms with Gasteiger partial charge in [-0.15, -0.1) is 11.3 Å². The number of sulfonamides is 1. The first kappa shape index (κ1) is 45.2. The molecule has 18 heteroatoms. The summed E-state index contributed by atoms with van der Waals surface area (Å²) in [5.74, 6) is -2.83. The number of fused-ring (bicyclic) bond motifs is 3. The molecule has 0 bridgehead atoms. The summed E-state index contributed by atoms with van der Waals surface area (Å²) < 4.78 is 56.7. The van der Waals surface area contributed by atoms with Gasteiger partial charge in [0, 0.05) is 34.9 Å². The maximum Gasteiger partial charge on any atom is 0.408 e. The molecular formula is C46H56FN7O8S2. The van der Waals surface area contributed by atoms with E-state index in [2.05, 4.69) is 15.4 Å². The number of nitrogens with one attached hydrogen (secondary N) is 3. The van der Waals surface area contributed by atoms with E-state index in [0.717, 1.165) is 18.4 Å². The minimum atomic E-state index is -4.03. The van der Waals surface area contributed by atoms with Crippen LogP contribution in [0, 0.1) is 11.7 Å². The van der Waals surface area contributed by atoms with Crippen molar-refractivity contribution in [2.24, 2.45) is 5.92 Å². The number of benzene rings is 2. The maximum absolute atomic E-state index is 14.8. The van der Waals surface area contributed by atoms with E-state index >= 15 is 0 Å². The van der Waals surface area contributed by atoms with Crippen molar-refractivity contribution in [2.45, 2.75) is 139 Å². The average molecular weight is 918 g/mol. The lowest BCUT2D eigenvalue weighted by Gasteiger charge is -2.30. The minimum Gasteiger partial charge on any atom is -0.459 e. The van der Waals surface area contributed by atoms with Crippen LogP contribution in [-0.2, 0) is 29.1 Å². The highest BCUT2D eigenvalue weighted by Gasteiger charge is 2.63. The number of hydrogen-bond acceptors (Lipinski definition) is 11. The molecule has 0 spiro atoms. The first-order chi connectivity index (χ1) is 30.3. The van der Waals surface area contributed by atoms with Crippen molar-refractivity contribution in [3.63, 3.8) is 0 Å². The molecule has 342 valence electrons. The molecule has 2 saturated carbocycles. The number of hydrogen-bond donors (Lipinski definition) is 3. The first-order valence-electron chi connectivity index (χ1n) is 22.0. The summed E-state index contributed by atoms with van der Waals surface area (Å²) in [6, 6.07) is 10.0. The quantitative estimate of drug-likeness (QED) is 0.145. The Kier molecular flexibility index (Phi) is 12.2. The molecule has 2 aliphatic carbocycles. The molecule has 4 amide bonds. The number of allylic oxidation sites excluding steroid dienone is 1. The molecule has 2 aliphatic heterocycles. The van der Waals surface area contributed by atoms with Crippen molar-refractivity contribution in [1.82, 2.24) is 34.8 Å². The number of thiazole rings is 1. The molecule has 2 aromatic heterocycles. The molecule has 2 aromatic carbocycles. The molecule has 0 unspecified atom stereocenters. The van der Waals surface area contributed by atoms with Crippen molar-refractivity contribution < 1.29 is 41.5 Å². The van der Waals surface area contributed by atoms with Gasteiger partial charge in [0.05, 0.1) is 22.5 Å². The Morgan fingerprint density at radius 2 is 1.78 bits per heavy atom. The Morgan fingerprint density at radius 1 is 1.03 bits per heavy atom. The van der Waals surface area contributed by atoms with Crippen LogP contribution in [0.3, 0.4) is 0 Å². The van der Waals surface area contributed by atoms with E-state index in [1.54, 1.807) is 51.3 Å². The molecule has 4 aliphatic rings. The average Bonchev–Trinajstić information content (AvgIpc) is 3.90. The molecule has 64 heavy (non-hydrogen) atoms. The summed E-state index contributed by atoms with van der Waals surface area (Å²) in [6.45, 7) is 10.7. The van der Waals surface area contributed by atoms with Crippen molar-refractivity contribution in [1.29, 1.82) is 0 Å². The van der Waals surface area contributed by atoms with Crippen LogP contribution in [-0.4, -0.2) is 92.3 Å². The fraction of sp³-hybridized carbons (Fsp3) is 0.522. The SMILES string of the molecule is CC(C)n1c(O[C@@H]2C[C@H]3C(=O)N[C@]4(C(=O)NS(=O)(=O)C5(C)CC5)C[C@@H]4/C=C\CCCCC[C@H](NC(=O)OC(C)(C)C)C(=O)N3C2)nc2c(-c3nc(-c4ccccc4F)cs3)cccc21. The zero-order valence-corrected chi connectivity index (χ0v) is 38.6. The molecule has 0 radical (unpaired) electrons. The number of imidazole rings is 1. The summed E-state index contributed by atoms with van der Waals surface area (Å²) in [5.41, 5.74) is 0.559. The van der Waals surface area contributed by atoms with Gasteiger partial charge in [-0.05, 0) is 104 Å². The molecule has 8 rings (SSSR count). The Hall–Kier alpha value is -5.36. The molecule has 3 N–H and O–H groups in total. The highest BCUT2D eigenvalue weighted by molar-refractivity contribution is 7.91. The van der Waals surface area contributed by atoms with Crippen molar-refractivity contribution in [3.05, 3.63) is 65.8 Å². The monoisotopic (exact) mass is 917 g/mol. The van der Waals surface area contributed by atoms with E-state index in [0.29, 0.717) is 53.0 Å². The lowest BCUT2D eigenvalue weighted by Crippen LogP contribution is -2.58. The number of carbonyl (C=O) groups excluding carboxylic acids is 4. The minimum absolute atomic E-state index is 0.00204. The fourth-order valence-corrected chi connectivity index (χ4v) is 10.7. The third-order valence-electron chi connectivity index (χ3n) is 12.5. The summed E-state index contributed by atoms with van der Waals surface area (Å²) in [6.07, 6.45) is 6.33. The molecule has 5 atom stereocenters. The predicted octanol–water partition coefficient (Wildman–Crippen LogP) is 7.18. The zero-order chi connectivity index (χ0) is 45.8. The van der Waals surface area contributed by atoms with E-state index in [4.69, 9.17) is 19.4 Å². The zero-order valence-electron chi connectivity index (χ0n) is 37.0. The van der Waals surface area contributed by atoms with E-state index in [9.17, 15) is 32.0 Å². The molecule has 3 fully saturated rings. The van der Waals surface area contributed by atoms with Crippen LogP contribution in [0.4, 0.5) is 9.18 Å². The normalized spacial score (nSPS) is 25.3. The van der Waals surface area contributed by atoms with Gasteiger partial charge in [0.15, 0.2) is 0 Å². The van der Waals surface area contributed by atoms with Crippen molar-refractivity contribution in [3.8, 4) is 27.8 Å². The number of halogens is 1. The third kappa shape index (κ3) is 9.12. The van der Waals surface area contributed by atoms with Gasteiger partial charge in [-0.25, -0.2) is 22.6 Å². The molecule has 1 saturated heterocycles. The van der Waals surface area contributed by atoms with Gasteiger partial charge in [-0.2, -0.15) is 4.98 Å². The molecule has 4 heterocycles. The van der Waals surface area contributed by atoms with Gasteiger partial charge in [-0.1, -0.05) is 43.2 Å². The van der Waals surface area contributed by atoms with Gasteiger partial charge in [-0.3, -0.25) is 23.7 Å². The van der Waals surface area contributed by atoms with Gasteiger partial charge in [0.2, 0.25) is 21.8 Å². The van der Waals surface area contributed by atoms with Crippen molar-refractivity contribution in [2.75, 3.05) is 6.54 Å². The largest absolute Gasteiger partial charge is 0.459 e. The van der Waals surface area contributed by atoms with E-state index in [1.165, 1.54) is 22.3 Å². The number of aromatic nitrogens is 3. The van der Waals surface area contributed by atoms with Gasteiger partial charge in [0.25, 0.3) is 11.9 Å². The molecule has 4 aromatic rings. The first-order valence-corrected chi connectivity index (χ1v) is 24.4. The van der Waals surface area contributed by atoms with Crippen molar-refractivity contribution >= 4 is 56.2 Å². The summed E-state index contributed by atoms with van der Waals surface area (Å²) >= 11 is 1.36. The summed E-state index contributed by atoms with van der Waals surface area (Å²) in [4.78, 5) is 67.8. The summed E-state index contributed by atoms with van der Waals surface area (Å²) in [7, 11) is -4.03. The van der Waals surface area contributed by atoms with Gasteiger partial charge >= 0.3 is 6.09 Å². The number of carbonyl (C=O) groups is 4. The Balaban J connectivity index is 1.12. The van der Waals surface area contributed by atoms with E-state index in [1.807, 2.05) is 48.8 Å². The lowest BCUT2D eigenvalue weighted by atomic mass is 10.0. The van der Waals surface area contributed by atoms with E-state index < -0.39 is 73.8 Å². The van der Waals surface area contributed by atoms with Gasteiger partial charge in [0.1, 0.15) is 45.7 Å². The van der Waals surface area contributed by atoms with Crippen LogP contribution < -0.4 is 20.1 Å². The second-order valence-electron chi connectivity index (χ2n) is 19.0. The summed E-state index contributed by atoms with van der Waals surface area (Å²) in [5, 5.41) is 8.11. The standard InChI is InChI=1S/C46H56FN7O8S2/c1-27(2)54-35-20-14-17-31(39-48-34(26-63-39)30-16-12-13-18-32(30)47)37(35)50-42(54)61-29-23-36-38(55)51-46(41(57)52-64(59,60)45(6)21-22-45)24-28(46)15-10-8-7-9-11-19-33(40(56)53(36)25-29)49-43(58)62-44(3,4)5/h10,12-18,20,26-29,33,36H,7-9,11,19,21-25H2,1-6H3,(H,49,58)(H,51,55)(H,52,57)/b15-10-/t28-,29+,33-,36-,46+/m0/s1. The smallest absolute Gasteiger partial charge is 0.408 e. The number of rotatable bonds is 9. The Morgan fingerprint density at radius 3 is 2.50 bits per heavy atom. The highest BCUT2D eigenvalue weighted by Crippen LogP contribution is 2.48. The van der Waals surface area contributed by atoms with Crippen LogP contribution in [0.25, 0.3) is 32.9 Å². The van der Waals surface area contributed by atoms with Crippen LogP contribution in [0.1, 0.15) is 105 Å². The maximum atomic E-state index is 14.8.